The molecule has 2 aliphatic carbocycles. The van der Waals surface area contributed by atoms with Crippen molar-refractivity contribution in [2.45, 2.75) is 37.0 Å². The summed E-state index contributed by atoms with van der Waals surface area (Å²) >= 11 is 6.26. The van der Waals surface area contributed by atoms with Crippen LogP contribution in [0.3, 0.4) is 0 Å². The number of hydrazine groups is 1. The van der Waals surface area contributed by atoms with E-state index >= 15 is 4.39 Å². The number of hydrogen-bond donors (Lipinski definition) is 3. The Balaban J connectivity index is 1.40. The average Bonchev–Trinajstić information content (AvgIpc) is 3.44. The SMILES string of the molecule is O=C(O)CCCN1C(=O)[C@H]2[C@H](CC=C3[C@H]2C[C@H]2C(=O)N(Nc4ccc(F)cc4)C(=O)[C@@]2(c2ccc(Cl)cc2)[C@H]3c2ccc(O)c(F)c2)C1=O. The molecule has 4 amide bonds. The van der Waals surface area contributed by atoms with Gasteiger partial charge in [0.15, 0.2) is 11.6 Å². The van der Waals surface area contributed by atoms with Gasteiger partial charge in [0.25, 0.3) is 11.8 Å². The van der Waals surface area contributed by atoms with E-state index in [1.165, 1.54) is 30.3 Å². The molecule has 0 radical (unpaired) electrons. The maximum atomic E-state index is 15.2. The maximum Gasteiger partial charge on any atom is 0.303 e. The predicted molar refractivity (Wildman–Crippen MR) is 171 cm³/mol. The molecule has 3 N–H and O–H groups in total. The summed E-state index contributed by atoms with van der Waals surface area (Å²) in [7, 11) is 0. The molecule has 2 aliphatic heterocycles. The first-order valence-corrected chi connectivity index (χ1v) is 16.2. The summed E-state index contributed by atoms with van der Waals surface area (Å²) in [6.45, 7) is -0.0729. The van der Waals surface area contributed by atoms with Gasteiger partial charge in [-0.1, -0.05) is 41.4 Å². The minimum Gasteiger partial charge on any atom is -0.505 e. The molecule has 0 aromatic heterocycles. The topological polar surface area (TPSA) is 144 Å². The molecular weight excluding hydrogens is 660 g/mol. The van der Waals surface area contributed by atoms with Gasteiger partial charge >= 0.3 is 5.97 Å². The van der Waals surface area contributed by atoms with Crippen molar-refractivity contribution in [2.75, 3.05) is 12.0 Å². The molecule has 3 aromatic carbocycles. The van der Waals surface area contributed by atoms with E-state index in [1.54, 1.807) is 30.3 Å². The number of amides is 4. The lowest BCUT2D eigenvalue weighted by molar-refractivity contribution is -0.142. The molecule has 10 nitrogen and oxygen atoms in total. The van der Waals surface area contributed by atoms with E-state index in [-0.39, 0.29) is 43.5 Å². The van der Waals surface area contributed by atoms with Gasteiger partial charge in [0, 0.05) is 23.9 Å². The second-order valence-electron chi connectivity index (χ2n) is 12.9. The summed E-state index contributed by atoms with van der Waals surface area (Å²) in [6.07, 6.45) is 1.77. The van der Waals surface area contributed by atoms with Gasteiger partial charge in [0.2, 0.25) is 11.8 Å². The van der Waals surface area contributed by atoms with E-state index in [9.17, 15) is 33.5 Å². The largest absolute Gasteiger partial charge is 0.505 e. The Morgan fingerprint density at radius 1 is 0.939 bits per heavy atom. The third kappa shape index (κ3) is 5.08. The predicted octanol–water partition coefficient (Wildman–Crippen LogP) is 5.17. The number of phenols is 1. The number of aromatic hydroxyl groups is 1. The van der Waals surface area contributed by atoms with Crippen LogP contribution in [0.25, 0.3) is 0 Å². The highest BCUT2D eigenvalue weighted by Crippen LogP contribution is 2.64. The van der Waals surface area contributed by atoms with Crippen LogP contribution in [0.15, 0.2) is 78.4 Å². The number of nitrogens with zero attached hydrogens (tertiary/aromatic N) is 2. The van der Waals surface area contributed by atoms with Crippen LogP contribution in [0.1, 0.15) is 42.7 Å². The fourth-order valence-corrected chi connectivity index (χ4v) is 8.53. The number of benzene rings is 3. The number of carboxylic acid groups (broad SMARTS) is 1. The molecule has 0 spiro atoms. The fraction of sp³-hybridized carbons (Fsp3) is 0.306. The lowest BCUT2D eigenvalue weighted by atomic mass is 9.49. The number of nitrogens with one attached hydrogen (secondary N) is 1. The van der Waals surface area contributed by atoms with E-state index in [0.29, 0.717) is 16.2 Å². The first-order chi connectivity index (χ1) is 23.4. The first-order valence-electron chi connectivity index (χ1n) is 15.9. The average molecular weight is 690 g/mol. The Morgan fingerprint density at radius 3 is 2.33 bits per heavy atom. The Morgan fingerprint density at radius 2 is 1.65 bits per heavy atom. The second-order valence-corrected chi connectivity index (χ2v) is 13.3. The molecule has 0 unspecified atom stereocenters. The summed E-state index contributed by atoms with van der Waals surface area (Å²) in [5.74, 6) is -9.89. The molecule has 7 rings (SSSR count). The van der Waals surface area contributed by atoms with Crippen molar-refractivity contribution < 1.29 is 43.0 Å². The maximum absolute atomic E-state index is 15.2. The number of aliphatic carboxylic acids is 1. The first kappa shape index (κ1) is 32.4. The molecule has 0 bridgehead atoms. The molecule has 1 saturated carbocycles. The van der Waals surface area contributed by atoms with Crippen LogP contribution in [-0.2, 0) is 29.4 Å². The number of likely N-dealkylation sites (tertiary alicyclic amines) is 1. The lowest BCUT2D eigenvalue weighted by Gasteiger charge is -2.50. The monoisotopic (exact) mass is 689 g/mol. The molecule has 2 saturated heterocycles. The Kier molecular flexibility index (Phi) is 8.01. The van der Waals surface area contributed by atoms with Crippen molar-refractivity contribution in [2.24, 2.45) is 23.7 Å². The molecule has 252 valence electrons. The number of carbonyl (C=O) groups excluding carboxylic acids is 4. The molecule has 3 aromatic rings. The van der Waals surface area contributed by atoms with Crippen LogP contribution in [0.5, 0.6) is 5.75 Å². The van der Waals surface area contributed by atoms with Gasteiger partial charge in [-0.2, -0.15) is 5.01 Å². The second kappa shape index (κ2) is 12.1. The van der Waals surface area contributed by atoms with Crippen LogP contribution >= 0.6 is 11.6 Å². The number of allylic oxidation sites excluding steroid dienone is 2. The summed E-state index contributed by atoms with van der Waals surface area (Å²) in [6, 6.07) is 15.2. The fourth-order valence-electron chi connectivity index (χ4n) is 8.41. The highest BCUT2D eigenvalue weighted by molar-refractivity contribution is 6.30. The summed E-state index contributed by atoms with van der Waals surface area (Å²) < 4.78 is 28.9. The van der Waals surface area contributed by atoms with Crippen LogP contribution in [0.2, 0.25) is 5.02 Å². The number of anilines is 1. The van der Waals surface area contributed by atoms with Crippen molar-refractivity contribution >= 4 is 46.9 Å². The zero-order valence-electron chi connectivity index (χ0n) is 25.8. The third-order valence-corrected chi connectivity index (χ3v) is 10.7. The van der Waals surface area contributed by atoms with Gasteiger partial charge in [-0.25, -0.2) is 8.78 Å². The molecule has 6 atom stereocenters. The zero-order valence-corrected chi connectivity index (χ0v) is 26.6. The number of hydrogen-bond acceptors (Lipinski definition) is 7. The van der Waals surface area contributed by atoms with Gasteiger partial charge < -0.3 is 10.2 Å². The van der Waals surface area contributed by atoms with Crippen LogP contribution in [0.4, 0.5) is 14.5 Å². The third-order valence-electron chi connectivity index (χ3n) is 10.4. The van der Waals surface area contributed by atoms with Gasteiger partial charge in [-0.3, -0.25) is 34.3 Å². The van der Waals surface area contributed by atoms with Gasteiger partial charge in [-0.15, -0.1) is 0 Å². The van der Waals surface area contributed by atoms with Gasteiger partial charge in [-0.05, 0) is 84.8 Å². The number of carbonyl (C=O) groups is 5. The molecule has 3 fully saturated rings. The van der Waals surface area contributed by atoms with E-state index in [2.05, 4.69) is 5.43 Å². The normalized spacial score (nSPS) is 27.5. The van der Waals surface area contributed by atoms with Gasteiger partial charge in [0.1, 0.15) is 5.82 Å². The van der Waals surface area contributed by atoms with E-state index in [0.717, 1.165) is 22.0 Å². The number of carboxylic acids is 1. The summed E-state index contributed by atoms with van der Waals surface area (Å²) in [4.78, 5) is 69.3. The van der Waals surface area contributed by atoms with Crippen LogP contribution < -0.4 is 5.43 Å². The number of halogens is 3. The summed E-state index contributed by atoms with van der Waals surface area (Å²) in [5, 5.41) is 20.5. The Bertz CT molecular complexity index is 1940. The molecule has 13 heteroatoms. The van der Waals surface area contributed by atoms with Crippen molar-refractivity contribution in [1.29, 1.82) is 0 Å². The Hall–Kier alpha value is -5.10. The van der Waals surface area contributed by atoms with Crippen molar-refractivity contribution in [3.8, 4) is 5.75 Å². The smallest absolute Gasteiger partial charge is 0.303 e. The standard InChI is InChI=1S/C36H30ClF2N3O7/c37-20-6-4-19(5-7-20)36-26(33(47)42(35(36)49)40-22-10-8-21(38)9-11-22)17-25-23(31(36)18-3-14-28(43)27(39)16-18)12-13-24-30(25)34(48)41(32(24)46)15-1-2-29(44)45/h3-12,14,16,24-26,30-31,40,43H,1-2,13,15,17H2,(H,44,45)/t24-,25+,26-,30-,31-,36+/m0/s1. The van der Waals surface area contributed by atoms with Crippen molar-refractivity contribution in [3.05, 3.63) is 106 Å². The zero-order chi connectivity index (χ0) is 34.8. The van der Waals surface area contributed by atoms with Crippen LogP contribution in [-0.4, -0.2) is 56.3 Å². The highest BCUT2D eigenvalue weighted by Gasteiger charge is 2.70. The molecule has 2 heterocycles. The van der Waals surface area contributed by atoms with Crippen molar-refractivity contribution in [1.82, 2.24) is 9.91 Å². The highest BCUT2D eigenvalue weighted by atomic mass is 35.5. The van der Waals surface area contributed by atoms with E-state index < -0.39 is 82.0 Å². The lowest BCUT2D eigenvalue weighted by Crippen LogP contribution is -2.53. The molecule has 4 aliphatic rings. The molecular formula is C36H30ClF2N3O7. The van der Waals surface area contributed by atoms with E-state index in [4.69, 9.17) is 16.7 Å². The van der Waals surface area contributed by atoms with Crippen LogP contribution in [0, 0.1) is 35.3 Å². The number of fused-ring (bicyclic) bond motifs is 4. The van der Waals surface area contributed by atoms with Gasteiger partial charge in [0.05, 0.1) is 28.9 Å². The number of phenolic OH excluding ortho intramolecular Hbond substituents is 1. The minimum absolute atomic E-state index is 0.0130. The number of imide groups is 2. The van der Waals surface area contributed by atoms with E-state index in [1.807, 2.05) is 0 Å². The van der Waals surface area contributed by atoms with Crippen molar-refractivity contribution in [3.63, 3.8) is 0 Å². The number of rotatable bonds is 8. The quantitative estimate of drug-likeness (QED) is 0.217. The summed E-state index contributed by atoms with van der Waals surface area (Å²) in [5.41, 5.74) is 2.65. The Labute approximate surface area is 283 Å². The minimum atomic E-state index is -1.69. The molecule has 49 heavy (non-hydrogen) atoms.